The molecule has 0 saturated heterocycles. The molecular formula is C25H29N8O4+. The summed E-state index contributed by atoms with van der Waals surface area (Å²) in [4.78, 5) is 26.3. The van der Waals surface area contributed by atoms with Gasteiger partial charge >= 0.3 is 0 Å². The smallest absolute Gasteiger partial charge is 0.274 e. The monoisotopic (exact) mass is 505 g/mol. The minimum atomic E-state index is -0.154. The van der Waals surface area contributed by atoms with E-state index in [1.807, 2.05) is 19.3 Å². The summed E-state index contributed by atoms with van der Waals surface area (Å²) in [5.74, 6) is 1.92. The van der Waals surface area contributed by atoms with E-state index >= 15 is 0 Å². The topological polar surface area (TPSA) is 145 Å². The number of quaternary nitrogens is 1. The van der Waals surface area contributed by atoms with Crippen LogP contribution in [0.25, 0.3) is 11.2 Å². The first kappa shape index (κ1) is 24.4. The first-order chi connectivity index (χ1) is 18.0. The van der Waals surface area contributed by atoms with Gasteiger partial charge in [-0.3, -0.25) is 15.1 Å². The lowest BCUT2D eigenvalue weighted by atomic mass is 10.2. The number of hydrogen-bond donors (Lipinski definition) is 3. The Morgan fingerprint density at radius 3 is 2.86 bits per heavy atom. The van der Waals surface area contributed by atoms with Crippen molar-refractivity contribution in [3.63, 3.8) is 0 Å². The lowest BCUT2D eigenvalue weighted by Gasteiger charge is -2.14. The highest BCUT2D eigenvalue weighted by Crippen LogP contribution is 2.41. The van der Waals surface area contributed by atoms with E-state index in [4.69, 9.17) is 19.6 Å². The molecule has 12 heteroatoms. The van der Waals surface area contributed by atoms with E-state index in [1.165, 1.54) is 13.3 Å². The first-order valence-electron chi connectivity index (χ1n) is 11.9. The van der Waals surface area contributed by atoms with Crippen LogP contribution in [-0.2, 0) is 18.3 Å². The number of fused-ring (bicyclic) bond motifs is 1. The van der Waals surface area contributed by atoms with Crippen LogP contribution in [0.4, 0.5) is 11.6 Å². The predicted molar refractivity (Wildman–Crippen MR) is 139 cm³/mol. The van der Waals surface area contributed by atoms with Gasteiger partial charge in [0.15, 0.2) is 22.8 Å². The Morgan fingerprint density at radius 1 is 1.35 bits per heavy atom. The van der Waals surface area contributed by atoms with Crippen molar-refractivity contribution >= 4 is 35.2 Å². The number of aromatic nitrogens is 4. The van der Waals surface area contributed by atoms with Gasteiger partial charge in [0, 0.05) is 26.9 Å². The number of nitrogens with zero attached hydrogens (tertiary/aromatic N) is 5. The number of imidazole rings is 1. The Morgan fingerprint density at radius 2 is 2.19 bits per heavy atom. The third-order valence-corrected chi connectivity index (χ3v) is 6.26. The summed E-state index contributed by atoms with van der Waals surface area (Å²) < 4.78 is 20.3. The largest absolute Gasteiger partial charge is 0.491 e. The quantitative estimate of drug-likeness (QED) is 0.281. The van der Waals surface area contributed by atoms with Crippen molar-refractivity contribution in [3.05, 3.63) is 58.2 Å². The highest BCUT2D eigenvalue weighted by molar-refractivity contribution is 5.88. The van der Waals surface area contributed by atoms with E-state index < -0.39 is 0 Å². The van der Waals surface area contributed by atoms with Crippen molar-refractivity contribution in [3.8, 4) is 11.5 Å². The lowest BCUT2D eigenvalue weighted by molar-refractivity contribution is -0.528. The van der Waals surface area contributed by atoms with Crippen LogP contribution in [0.1, 0.15) is 24.3 Å². The van der Waals surface area contributed by atoms with Crippen molar-refractivity contribution in [2.45, 2.75) is 25.3 Å². The lowest BCUT2D eigenvalue weighted by Crippen LogP contribution is -2.77. The van der Waals surface area contributed by atoms with Crippen LogP contribution in [-0.4, -0.2) is 52.4 Å². The molecule has 3 aromatic heterocycles. The normalized spacial score (nSPS) is 16.2. The molecule has 192 valence electrons. The van der Waals surface area contributed by atoms with Gasteiger partial charge in [-0.15, -0.1) is 0 Å². The molecule has 37 heavy (non-hydrogen) atoms. The molecule has 1 fully saturated rings. The van der Waals surface area contributed by atoms with Crippen molar-refractivity contribution in [1.82, 2.24) is 19.1 Å². The molecular weight excluding hydrogens is 476 g/mol. The zero-order valence-electron chi connectivity index (χ0n) is 20.9. The summed E-state index contributed by atoms with van der Waals surface area (Å²) in [6, 6.07) is 1.90. The highest BCUT2D eigenvalue weighted by atomic mass is 16.5. The summed E-state index contributed by atoms with van der Waals surface area (Å²) in [7, 11) is 4.96. The Kier molecular flexibility index (Phi) is 6.84. The number of ether oxygens (including phenoxy) is 3. The van der Waals surface area contributed by atoms with Crippen molar-refractivity contribution < 1.29 is 19.5 Å². The summed E-state index contributed by atoms with van der Waals surface area (Å²) >= 11 is 0. The average molecular weight is 506 g/mol. The van der Waals surface area contributed by atoms with Gasteiger partial charge < -0.3 is 34.1 Å². The van der Waals surface area contributed by atoms with Crippen LogP contribution >= 0.6 is 0 Å². The van der Waals surface area contributed by atoms with Gasteiger partial charge in [0.25, 0.3) is 5.56 Å². The third-order valence-electron chi connectivity index (χ3n) is 6.26. The molecule has 1 aliphatic heterocycles. The molecule has 4 heterocycles. The Hall–Kier alpha value is -4.29. The molecule has 0 amide bonds. The van der Waals surface area contributed by atoms with Crippen LogP contribution in [0.5, 0.6) is 11.5 Å². The minimum Gasteiger partial charge on any atom is -0.491 e. The van der Waals surface area contributed by atoms with E-state index in [1.54, 1.807) is 40.2 Å². The molecule has 2 aliphatic rings. The maximum absolute atomic E-state index is 13.2. The fraction of sp³-hybridized carbons (Fsp3) is 0.320. The standard InChI is InChI=1S/C25H28N8O4/c1-32-21-22(36-3)20(37-19(11-26)18-12-27-6-7-28-18)13-29-23(21)31-25(32)30-17-10-16(15-4-5-15)14-33(24(17)34)8-9-35-2/h6-7,10-15,26,28H,4-5,8-9H2,1-3H3,(H,29,30,31)/p+1/b19-18+,26-11?. The summed E-state index contributed by atoms with van der Waals surface area (Å²) in [5, 5.41) is 12.8. The zero-order valence-corrected chi connectivity index (χ0v) is 20.9. The second-order valence-corrected chi connectivity index (χ2v) is 8.75. The van der Waals surface area contributed by atoms with Gasteiger partial charge in [-0.1, -0.05) is 0 Å². The molecule has 1 saturated carbocycles. The number of pyridine rings is 2. The Balaban J connectivity index is 1.52. The second-order valence-electron chi connectivity index (χ2n) is 8.75. The van der Waals surface area contributed by atoms with Crippen LogP contribution in [0.2, 0.25) is 0 Å². The fourth-order valence-electron chi connectivity index (χ4n) is 4.17. The maximum atomic E-state index is 13.2. The van der Waals surface area contributed by atoms with Gasteiger partial charge in [0.2, 0.25) is 11.7 Å². The average Bonchev–Trinajstić information content (AvgIpc) is 3.73. The van der Waals surface area contributed by atoms with Crippen molar-refractivity contribution in [1.29, 1.82) is 5.41 Å². The SMILES string of the molecule is COCCn1cc(C2CC2)cc(Nc2nc3ncc(O/C(C=N)=C4\C=NC=C[NH2+]4)c(OC)c3n2C)c1=O. The Bertz CT molecular complexity index is 1500. The van der Waals surface area contributed by atoms with Gasteiger partial charge in [0.1, 0.15) is 17.4 Å². The predicted octanol–water partition coefficient (Wildman–Crippen LogP) is 1.76. The number of nitrogens with one attached hydrogen (secondary N) is 2. The second kappa shape index (κ2) is 10.4. The molecule has 3 aromatic rings. The molecule has 0 bridgehead atoms. The van der Waals surface area contributed by atoms with Gasteiger partial charge in [0.05, 0.1) is 38.5 Å². The van der Waals surface area contributed by atoms with E-state index in [0.717, 1.165) is 24.6 Å². The van der Waals surface area contributed by atoms with Crippen LogP contribution in [0.3, 0.4) is 0 Å². The highest BCUT2D eigenvalue weighted by Gasteiger charge is 2.26. The van der Waals surface area contributed by atoms with E-state index in [0.29, 0.717) is 64.8 Å². The molecule has 0 spiro atoms. The number of rotatable bonds is 10. The molecule has 0 aromatic carbocycles. The molecule has 0 atom stereocenters. The number of allylic oxidation sites excluding steroid dienone is 2. The van der Waals surface area contributed by atoms with Crippen LogP contribution in [0, 0.1) is 5.41 Å². The van der Waals surface area contributed by atoms with Crippen LogP contribution in [0.15, 0.2) is 52.1 Å². The van der Waals surface area contributed by atoms with E-state index in [2.05, 4.69) is 20.3 Å². The van der Waals surface area contributed by atoms with Crippen LogP contribution < -0.4 is 25.7 Å². The maximum Gasteiger partial charge on any atom is 0.274 e. The zero-order chi connectivity index (χ0) is 25.9. The number of hydrogen-bond acceptors (Lipinski definition) is 9. The van der Waals surface area contributed by atoms with E-state index in [9.17, 15) is 4.79 Å². The van der Waals surface area contributed by atoms with E-state index in [-0.39, 0.29) is 5.56 Å². The van der Waals surface area contributed by atoms with Crippen molar-refractivity contribution in [2.75, 3.05) is 26.1 Å². The minimum absolute atomic E-state index is 0.154. The molecule has 5 rings (SSSR count). The van der Waals surface area contributed by atoms with Gasteiger partial charge in [-0.05, 0) is 30.4 Å². The number of aliphatic imine (C=N–C) groups is 1. The summed E-state index contributed by atoms with van der Waals surface area (Å²) in [6.45, 7) is 0.906. The molecule has 4 N–H and O–H groups in total. The number of nitrogens with two attached hydrogens (primary N) is 1. The molecule has 1 aliphatic carbocycles. The van der Waals surface area contributed by atoms with Gasteiger partial charge in [-0.25, -0.2) is 4.98 Å². The molecule has 0 unspecified atom stereocenters. The summed E-state index contributed by atoms with van der Waals surface area (Å²) in [6.07, 6.45) is 11.8. The number of aryl methyl sites for hydroxylation is 1. The summed E-state index contributed by atoms with van der Waals surface area (Å²) in [5.41, 5.74) is 3.05. The number of anilines is 2. The number of methoxy groups -OCH3 is 2. The Labute approximate surface area is 212 Å². The van der Waals surface area contributed by atoms with Crippen molar-refractivity contribution in [2.24, 2.45) is 12.0 Å². The fourth-order valence-corrected chi connectivity index (χ4v) is 4.17. The molecule has 0 radical (unpaired) electrons. The first-order valence-corrected chi connectivity index (χ1v) is 11.9. The molecule has 12 nitrogen and oxygen atoms in total. The van der Waals surface area contributed by atoms with Gasteiger partial charge in [-0.2, -0.15) is 4.98 Å². The third kappa shape index (κ3) is 4.88.